The van der Waals surface area contributed by atoms with Crippen molar-refractivity contribution in [3.05, 3.63) is 11.1 Å². The summed E-state index contributed by atoms with van der Waals surface area (Å²) in [5.74, 6) is -2.62. The highest BCUT2D eigenvalue weighted by Gasteiger charge is 2.35. The van der Waals surface area contributed by atoms with Gasteiger partial charge < -0.3 is 10.0 Å². The SMILES string of the molecule is CCN1CCN(C(=O)Nc2nc(CC(=O)O)cs2)C(=O)C1=O. The molecule has 2 heterocycles. The fourth-order valence-corrected chi connectivity index (χ4v) is 2.63. The molecule has 1 fully saturated rings. The van der Waals surface area contributed by atoms with Gasteiger partial charge in [0.05, 0.1) is 12.1 Å². The van der Waals surface area contributed by atoms with Crippen molar-refractivity contribution in [2.45, 2.75) is 13.3 Å². The first-order chi connectivity index (χ1) is 10.4. The molecular weight excluding hydrogens is 312 g/mol. The molecule has 1 aromatic rings. The molecule has 0 unspecified atom stereocenters. The third kappa shape index (κ3) is 3.39. The lowest BCUT2D eigenvalue weighted by Gasteiger charge is -2.31. The van der Waals surface area contributed by atoms with Gasteiger partial charge in [0, 0.05) is 25.0 Å². The second-order valence-corrected chi connectivity index (χ2v) is 5.34. The van der Waals surface area contributed by atoms with Crippen molar-refractivity contribution in [1.82, 2.24) is 14.8 Å². The monoisotopic (exact) mass is 326 g/mol. The lowest BCUT2D eigenvalue weighted by atomic mass is 10.3. The highest BCUT2D eigenvalue weighted by Crippen LogP contribution is 2.17. The average molecular weight is 326 g/mol. The number of aromatic nitrogens is 1. The minimum atomic E-state index is -1.03. The Bertz CT molecular complexity index is 629. The molecule has 0 bridgehead atoms. The summed E-state index contributed by atoms with van der Waals surface area (Å²) >= 11 is 1.05. The van der Waals surface area contributed by atoms with Crippen LogP contribution in [0.1, 0.15) is 12.6 Å². The fraction of sp³-hybridized carbons (Fsp3) is 0.417. The van der Waals surface area contributed by atoms with Crippen LogP contribution >= 0.6 is 11.3 Å². The Kier molecular flexibility index (Phi) is 4.71. The van der Waals surface area contributed by atoms with Crippen molar-refractivity contribution in [2.24, 2.45) is 0 Å². The van der Waals surface area contributed by atoms with Crippen LogP contribution in [0.5, 0.6) is 0 Å². The van der Waals surface area contributed by atoms with Crippen LogP contribution in [0.25, 0.3) is 0 Å². The van der Waals surface area contributed by atoms with Crippen LogP contribution in [-0.4, -0.2) is 63.3 Å². The first-order valence-corrected chi connectivity index (χ1v) is 7.38. The van der Waals surface area contributed by atoms with E-state index in [1.165, 1.54) is 10.3 Å². The molecule has 1 aliphatic rings. The molecule has 1 saturated heterocycles. The summed E-state index contributed by atoms with van der Waals surface area (Å²) in [6, 6.07) is -0.745. The van der Waals surface area contributed by atoms with E-state index in [1.54, 1.807) is 6.92 Å². The first-order valence-electron chi connectivity index (χ1n) is 6.50. The van der Waals surface area contributed by atoms with Crippen molar-refractivity contribution in [2.75, 3.05) is 25.0 Å². The van der Waals surface area contributed by atoms with E-state index in [1.807, 2.05) is 0 Å². The van der Waals surface area contributed by atoms with Gasteiger partial charge in [0.25, 0.3) is 0 Å². The molecule has 0 spiro atoms. The van der Waals surface area contributed by atoms with E-state index in [0.29, 0.717) is 12.2 Å². The topological polar surface area (TPSA) is 120 Å². The van der Waals surface area contributed by atoms with E-state index in [2.05, 4.69) is 10.3 Å². The lowest BCUT2D eigenvalue weighted by Crippen LogP contribution is -2.56. The van der Waals surface area contributed by atoms with Crippen LogP contribution in [0.4, 0.5) is 9.93 Å². The van der Waals surface area contributed by atoms with Gasteiger partial charge in [0.1, 0.15) is 0 Å². The van der Waals surface area contributed by atoms with Crippen molar-refractivity contribution in [3.63, 3.8) is 0 Å². The Labute approximate surface area is 129 Å². The summed E-state index contributed by atoms with van der Waals surface area (Å²) in [4.78, 5) is 52.3. The fourth-order valence-electron chi connectivity index (χ4n) is 1.93. The maximum absolute atomic E-state index is 12.0. The molecular formula is C12H14N4O5S. The Morgan fingerprint density at radius 3 is 2.73 bits per heavy atom. The van der Waals surface area contributed by atoms with Crippen LogP contribution < -0.4 is 5.32 Å². The largest absolute Gasteiger partial charge is 0.481 e. The summed E-state index contributed by atoms with van der Waals surface area (Å²) in [5, 5.41) is 12.7. The maximum Gasteiger partial charge on any atom is 0.330 e. The molecule has 0 radical (unpaired) electrons. The smallest absolute Gasteiger partial charge is 0.330 e. The second kappa shape index (κ2) is 6.52. The highest BCUT2D eigenvalue weighted by atomic mass is 32.1. The van der Waals surface area contributed by atoms with Crippen LogP contribution in [0.3, 0.4) is 0 Å². The number of aliphatic carboxylic acids is 1. The predicted octanol–water partition coefficient (Wildman–Crippen LogP) is -0.00720. The maximum atomic E-state index is 12.0. The molecule has 1 aliphatic heterocycles. The Hall–Kier alpha value is -2.49. The quantitative estimate of drug-likeness (QED) is 0.751. The number of carbonyl (C=O) groups excluding carboxylic acids is 3. The molecule has 0 atom stereocenters. The number of hydrogen-bond donors (Lipinski definition) is 2. The van der Waals surface area contributed by atoms with Crippen LogP contribution in [0.2, 0.25) is 0 Å². The number of carboxylic acid groups (broad SMARTS) is 1. The van der Waals surface area contributed by atoms with E-state index in [9.17, 15) is 19.2 Å². The minimum Gasteiger partial charge on any atom is -0.481 e. The third-order valence-corrected chi connectivity index (χ3v) is 3.84. The molecule has 118 valence electrons. The molecule has 2 N–H and O–H groups in total. The number of urea groups is 1. The Morgan fingerprint density at radius 2 is 2.09 bits per heavy atom. The molecule has 0 saturated carbocycles. The van der Waals surface area contributed by atoms with Gasteiger partial charge in [-0.2, -0.15) is 0 Å². The van der Waals surface area contributed by atoms with Crippen molar-refractivity contribution in [3.8, 4) is 0 Å². The van der Waals surface area contributed by atoms with Gasteiger partial charge in [-0.25, -0.2) is 9.78 Å². The zero-order valence-electron chi connectivity index (χ0n) is 11.7. The summed E-state index contributed by atoms with van der Waals surface area (Å²) < 4.78 is 0. The normalized spacial score (nSPS) is 15.1. The summed E-state index contributed by atoms with van der Waals surface area (Å²) in [6.45, 7) is 2.56. The number of hydrogen-bond acceptors (Lipinski definition) is 6. The van der Waals surface area contributed by atoms with Gasteiger partial charge in [-0.15, -0.1) is 11.3 Å². The van der Waals surface area contributed by atoms with Crippen LogP contribution in [-0.2, 0) is 20.8 Å². The zero-order chi connectivity index (χ0) is 16.3. The van der Waals surface area contributed by atoms with E-state index in [0.717, 1.165) is 16.2 Å². The second-order valence-electron chi connectivity index (χ2n) is 4.49. The molecule has 22 heavy (non-hydrogen) atoms. The number of anilines is 1. The molecule has 9 nitrogen and oxygen atoms in total. The molecule has 4 amide bonds. The summed E-state index contributed by atoms with van der Waals surface area (Å²) in [6.07, 6.45) is -0.251. The van der Waals surface area contributed by atoms with Crippen molar-refractivity contribution in [1.29, 1.82) is 0 Å². The van der Waals surface area contributed by atoms with E-state index in [-0.39, 0.29) is 24.6 Å². The summed E-state index contributed by atoms with van der Waals surface area (Å²) in [7, 11) is 0. The van der Waals surface area contributed by atoms with Crippen LogP contribution in [0.15, 0.2) is 5.38 Å². The molecule has 0 aromatic carbocycles. The third-order valence-electron chi connectivity index (χ3n) is 3.03. The zero-order valence-corrected chi connectivity index (χ0v) is 12.6. The number of rotatable bonds is 4. The van der Waals surface area contributed by atoms with Crippen LogP contribution in [0, 0.1) is 0 Å². The minimum absolute atomic E-state index is 0.109. The molecule has 1 aromatic heterocycles. The van der Waals surface area contributed by atoms with Crippen molar-refractivity contribution >= 4 is 40.3 Å². The number of amides is 4. The Morgan fingerprint density at radius 1 is 1.36 bits per heavy atom. The lowest BCUT2D eigenvalue weighted by molar-refractivity contribution is -0.153. The predicted molar refractivity (Wildman–Crippen MR) is 76.4 cm³/mol. The van der Waals surface area contributed by atoms with Gasteiger partial charge >= 0.3 is 23.8 Å². The van der Waals surface area contributed by atoms with E-state index < -0.39 is 23.8 Å². The van der Waals surface area contributed by atoms with Gasteiger partial charge in [-0.05, 0) is 6.92 Å². The van der Waals surface area contributed by atoms with Gasteiger partial charge in [-0.3, -0.25) is 24.6 Å². The average Bonchev–Trinajstić information content (AvgIpc) is 2.87. The molecule has 0 aliphatic carbocycles. The van der Waals surface area contributed by atoms with Gasteiger partial charge in [0.15, 0.2) is 5.13 Å². The standard InChI is InChI=1S/C12H14N4O5S/c1-2-15-3-4-16(10(20)9(15)19)12(21)14-11-13-7(6-22-11)5-8(17)18/h6H,2-5H2,1H3,(H,17,18)(H,13,14,21). The number of carbonyl (C=O) groups is 4. The number of nitrogens with zero attached hydrogens (tertiary/aromatic N) is 3. The molecule has 10 heteroatoms. The van der Waals surface area contributed by atoms with Gasteiger partial charge in [-0.1, -0.05) is 0 Å². The molecule has 2 rings (SSSR count). The Balaban J connectivity index is 2.00. The number of nitrogens with one attached hydrogen (secondary N) is 1. The van der Waals surface area contributed by atoms with E-state index in [4.69, 9.17) is 5.11 Å². The van der Waals surface area contributed by atoms with Gasteiger partial charge in [0.2, 0.25) is 0 Å². The van der Waals surface area contributed by atoms with E-state index >= 15 is 0 Å². The number of carboxylic acids is 1. The number of imide groups is 1. The number of likely N-dealkylation sites (N-methyl/N-ethyl adjacent to an activating group) is 1. The van der Waals surface area contributed by atoms with Crippen molar-refractivity contribution < 1.29 is 24.3 Å². The number of piperazine rings is 1. The number of thiazole rings is 1. The summed E-state index contributed by atoms with van der Waals surface area (Å²) in [5.41, 5.74) is 0.311. The highest BCUT2D eigenvalue weighted by molar-refractivity contribution is 7.13. The first kappa shape index (κ1) is 15.9.